The Morgan fingerprint density at radius 3 is 2.72 bits per heavy atom. The Morgan fingerprint density at radius 1 is 1.39 bits per heavy atom. The van der Waals surface area contributed by atoms with E-state index < -0.39 is 0 Å². The quantitative estimate of drug-likeness (QED) is 0.793. The lowest BCUT2D eigenvalue weighted by Crippen LogP contribution is -2.11. The van der Waals surface area contributed by atoms with Crippen LogP contribution in [0.2, 0.25) is 0 Å². The minimum Gasteiger partial charge on any atom is -0.320 e. The molecular formula is C14H14INOS. The molecule has 0 atom stereocenters. The predicted octanol–water partition coefficient (Wildman–Crippen LogP) is 4.48. The van der Waals surface area contributed by atoms with Gasteiger partial charge in [0, 0.05) is 8.45 Å². The van der Waals surface area contributed by atoms with Crippen LogP contribution in [-0.4, -0.2) is 5.91 Å². The lowest BCUT2D eigenvalue weighted by Gasteiger charge is -2.05. The zero-order valence-electron chi connectivity index (χ0n) is 10.3. The number of rotatable bonds is 3. The number of carbonyl (C=O) groups is 1. The largest absolute Gasteiger partial charge is 0.320 e. The normalized spacial score (nSPS) is 10.4. The Balaban J connectivity index is 2.19. The second kappa shape index (κ2) is 5.84. The number of anilines is 1. The first-order chi connectivity index (χ1) is 8.61. The van der Waals surface area contributed by atoms with Crippen molar-refractivity contribution in [3.63, 3.8) is 0 Å². The maximum atomic E-state index is 12.1. The third kappa shape index (κ3) is 2.92. The van der Waals surface area contributed by atoms with Gasteiger partial charge in [0.05, 0.1) is 10.6 Å². The number of para-hydroxylation sites is 1. The fourth-order valence-electron chi connectivity index (χ4n) is 1.73. The van der Waals surface area contributed by atoms with Gasteiger partial charge >= 0.3 is 0 Å². The van der Waals surface area contributed by atoms with Crippen molar-refractivity contribution >= 4 is 45.5 Å². The van der Waals surface area contributed by atoms with Crippen molar-refractivity contribution in [1.82, 2.24) is 0 Å². The molecule has 2 aromatic rings. The number of hydrogen-bond acceptors (Lipinski definition) is 2. The standard InChI is InChI=1S/C14H14INOS/c1-3-10-8-13(18-9(10)2)14(17)16-12-7-5-4-6-11(12)15/h4-8H,3H2,1-2H3,(H,16,17). The molecule has 0 aliphatic carbocycles. The highest BCUT2D eigenvalue weighted by atomic mass is 127. The smallest absolute Gasteiger partial charge is 0.265 e. The van der Waals surface area contributed by atoms with E-state index in [4.69, 9.17) is 0 Å². The maximum Gasteiger partial charge on any atom is 0.265 e. The maximum absolute atomic E-state index is 12.1. The number of benzene rings is 1. The molecule has 0 saturated heterocycles. The predicted molar refractivity (Wildman–Crippen MR) is 85.5 cm³/mol. The van der Waals surface area contributed by atoms with Gasteiger partial charge in [-0.25, -0.2) is 0 Å². The second-order valence-electron chi connectivity index (χ2n) is 3.98. The van der Waals surface area contributed by atoms with E-state index >= 15 is 0 Å². The van der Waals surface area contributed by atoms with Crippen molar-refractivity contribution in [2.75, 3.05) is 5.32 Å². The van der Waals surface area contributed by atoms with Gasteiger partial charge in [0.1, 0.15) is 0 Å². The molecule has 4 heteroatoms. The van der Waals surface area contributed by atoms with Crippen molar-refractivity contribution in [2.24, 2.45) is 0 Å². The summed E-state index contributed by atoms with van der Waals surface area (Å²) in [5.74, 6) is -0.0214. The van der Waals surface area contributed by atoms with Gasteiger partial charge in [-0.05, 0) is 59.7 Å². The zero-order chi connectivity index (χ0) is 13.1. The van der Waals surface area contributed by atoms with Crippen LogP contribution in [0.1, 0.15) is 27.0 Å². The summed E-state index contributed by atoms with van der Waals surface area (Å²) < 4.78 is 1.05. The van der Waals surface area contributed by atoms with Crippen LogP contribution in [0, 0.1) is 10.5 Å². The molecule has 2 rings (SSSR count). The molecule has 1 aromatic carbocycles. The van der Waals surface area contributed by atoms with E-state index in [2.05, 4.69) is 41.8 Å². The first kappa shape index (κ1) is 13.5. The van der Waals surface area contributed by atoms with Gasteiger partial charge < -0.3 is 5.32 Å². The van der Waals surface area contributed by atoms with E-state index in [0.717, 1.165) is 20.6 Å². The molecule has 1 heterocycles. The summed E-state index contributed by atoms with van der Waals surface area (Å²) in [6.45, 7) is 4.17. The van der Waals surface area contributed by atoms with E-state index in [9.17, 15) is 4.79 Å². The summed E-state index contributed by atoms with van der Waals surface area (Å²) >= 11 is 3.78. The lowest BCUT2D eigenvalue weighted by molar-refractivity contribution is 0.103. The number of amides is 1. The van der Waals surface area contributed by atoms with E-state index in [1.807, 2.05) is 30.3 Å². The fourth-order valence-corrected chi connectivity index (χ4v) is 3.26. The Kier molecular flexibility index (Phi) is 4.40. The number of nitrogens with one attached hydrogen (secondary N) is 1. The first-order valence-corrected chi connectivity index (χ1v) is 7.66. The van der Waals surface area contributed by atoms with Crippen molar-refractivity contribution in [3.05, 3.63) is 49.2 Å². The highest BCUT2D eigenvalue weighted by Gasteiger charge is 2.12. The molecule has 0 aliphatic heterocycles. The molecule has 0 radical (unpaired) electrons. The fraction of sp³-hybridized carbons (Fsp3) is 0.214. The van der Waals surface area contributed by atoms with Crippen LogP contribution in [0.5, 0.6) is 0 Å². The van der Waals surface area contributed by atoms with Crippen molar-refractivity contribution in [1.29, 1.82) is 0 Å². The van der Waals surface area contributed by atoms with Crippen LogP contribution in [0.15, 0.2) is 30.3 Å². The highest BCUT2D eigenvalue weighted by Crippen LogP contribution is 2.24. The number of hydrogen-bond donors (Lipinski definition) is 1. The average Bonchev–Trinajstić information content (AvgIpc) is 2.73. The summed E-state index contributed by atoms with van der Waals surface area (Å²) in [5.41, 5.74) is 2.13. The van der Waals surface area contributed by atoms with E-state index in [1.54, 1.807) is 11.3 Å². The number of thiophene rings is 1. The molecule has 2 nitrogen and oxygen atoms in total. The van der Waals surface area contributed by atoms with Gasteiger partial charge in [-0.15, -0.1) is 11.3 Å². The average molecular weight is 371 g/mol. The Labute approximate surface area is 125 Å². The summed E-state index contributed by atoms with van der Waals surface area (Å²) in [6.07, 6.45) is 0.971. The molecule has 1 N–H and O–H groups in total. The molecule has 94 valence electrons. The van der Waals surface area contributed by atoms with E-state index in [0.29, 0.717) is 0 Å². The third-order valence-corrected chi connectivity index (χ3v) is 4.78. The van der Waals surface area contributed by atoms with E-state index in [-0.39, 0.29) is 5.91 Å². The molecule has 0 bridgehead atoms. The lowest BCUT2D eigenvalue weighted by atomic mass is 10.2. The number of carbonyl (C=O) groups excluding carboxylic acids is 1. The van der Waals surface area contributed by atoms with Gasteiger partial charge in [-0.2, -0.15) is 0 Å². The zero-order valence-corrected chi connectivity index (χ0v) is 13.3. The minimum absolute atomic E-state index is 0.0214. The van der Waals surface area contributed by atoms with Crippen molar-refractivity contribution in [2.45, 2.75) is 20.3 Å². The summed E-state index contributed by atoms with van der Waals surface area (Å²) in [4.78, 5) is 14.2. The van der Waals surface area contributed by atoms with Gasteiger partial charge in [0.2, 0.25) is 0 Å². The SMILES string of the molecule is CCc1cc(C(=O)Nc2ccccc2I)sc1C. The van der Waals surface area contributed by atoms with Crippen LogP contribution >= 0.6 is 33.9 Å². The summed E-state index contributed by atoms with van der Waals surface area (Å²) in [6, 6.07) is 9.77. The van der Waals surface area contributed by atoms with Crippen LogP contribution in [0.25, 0.3) is 0 Å². The van der Waals surface area contributed by atoms with Gasteiger partial charge in [-0.3, -0.25) is 4.79 Å². The second-order valence-corrected chi connectivity index (χ2v) is 6.40. The van der Waals surface area contributed by atoms with Crippen LogP contribution in [0.4, 0.5) is 5.69 Å². The molecule has 0 spiro atoms. The van der Waals surface area contributed by atoms with Gasteiger partial charge in [0.25, 0.3) is 5.91 Å². The number of halogens is 1. The van der Waals surface area contributed by atoms with Crippen molar-refractivity contribution < 1.29 is 4.79 Å². The van der Waals surface area contributed by atoms with Crippen LogP contribution in [-0.2, 0) is 6.42 Å². The molecule has 0 fully saturated rings. The molecule has 18 heavy (non-hydrogen) atoms. The first-order valence-electron chi connectivity index (χ1n) is 5.77. The van der Waals surface area contributed by atoms with Gasteiger partial charge in [-0.1, -0.05) is 19.1 Å². The third-order valence-electron chi connectivity index (χ3n) is 2.75. The van der Waals surface area contributed by atoms with Crippen LogP contribution < -0.4 is 5.32 Å². The van der Waals surface area contributed by atoms with Crippen molar-refractivity contribution in [3.8, 4) is 0 Å². The molecule has 1 aromatic heterocycles. The van der Waals surface area contributed by atoms with Gasteiger partial charge in [0.15, 0.2) is 0 Å². The van der Waals surface area contributed by atoms with Crippen LogP contribution in [0.3, 0.4) is 0 Å². The molecule has 0 aliphatic rings. The van der Waals surface area contributed by atoms with E-state index in [1.165, 1.54) is 10.4 Å². The minimum atomic E-state index is -0.0214. The Morgan fingerprint density at radius 2 is 2.11 bits per heavy atom. The Hall–Kier alpha value is -0.880. The topological polar surface area (TPSA) is 29.1 Å². The Bertz CT molecular complexity index is 577. The number of aryl methyl sites for hydroxylation is 2. The monoisotopic (exact) mass is 371 g/mol. The summed E-state index contributed by atoms with van der Waals surface area (Å²) in [5, 5.41) is 2.96. The molecular weight excluding hydrogens is 357 g/mol. The molecule has 0 unspecified atom stereocenters. The molecule has 0 saturated carbocycles. The molecule has 1 amide bonds. The highest BCUT2D eigenvalue weighted by molar-refractivity contribution is 14.1. The summed E-state index contributed by atoms with van der Waals surface area (Å²) in [7, 11) is 0.